The van der Waals surface area contributed by atoms with E-state index in [-0.39, 0.29) is 0 Å². The van der Waals surface area contributed by atoms with Crippen LogP contribution in [-0.4, -0.2) is 12.6 Å². The van der Waals surface area contributed by atoms with Gasteiger partial charge in [-0.3, -0.25) is 0 Å². The molecular formula is C15H22BrN. The predicted molar refractivity (Wildman–Crippen MR) is 77.4 cm³/mol. The second-order valence-corrected chi connectivity index (χ2v) is 6.58. The maximum Gasteiger partial charge on any atom is 0.0175 e. The molecule has 0 amide bonds. The first kappa shape index (κ1) is 13.1. The molecule has 1 fully saturated rings. The number of hydrogen-bond acceptors (Lipinski definition) is 1. The lowest BCUT2D eigenvalue weighted by Crippen LogP contribution is -2.55. The van der Waals surface area contributed by atoms with E-state index >= 15 is 0 Å². The van der Waals surface area contributed by atoms with Crippen molar-refractivity contribution in [3.05, 3.63) is 34.3 Å². The van der Waals surface area contributed by atoms with E-state index in [1.165, 1.54) is 22.9 Å². The number of hydrogen-bond donors (Lipinski definition) is 1. The van der Waals surface area contributed by atoms with Crippen LogP contribution < -0.4 is 5.32 Å². The molecule has 1 aliphatic rings. The molecule has 94 valence electrons. The van der Waals surface area contributed by atoms with Gasteiger partial charge in [-0.25, -0.2) is 0 Å². The summed E-state index contributed by atoms with van der Waals surface area (Å²) >= 11 is 3.50. The lowest BCUT2D eigenvalue weighted by molar-refractivity contribution is 0.0695. The molecule has 1 aliphatic carbocycles. The van der Waals surface area contributed by atoms with Crippen molar-refractivity contribution < 1.29 is 0 Å². The fourth-order valence-corrected chi connectivity index (χ4v) is 3.12. The van der Waals surface area contributed by atoms with Gasteiger partial charge in [-0.2, -0.15) is 0 Å². The third kappa shape index (κ3) is 2.58. The van der Waals surface area contributed by atoms with Gasteiger partial charge in [0.05, 0.1) is 0 Å². The molecule has 1 aromatic carbocycles. The Morgan fingerprint density at radius 3 is 2.47 bits per heavy atom. The lowest BCUT2D eigenvalue weighted by atomic mass is 9.56. The number of benzene rings is 1. The average Bonchev–Trinajstić information content (AvgIpc) is 2.30. The van der Waals surface area contributed by atoms with Crippen LogP contribution in [0.15, 0.2) is 28.7 Å². The van der Waals surface area contributed by atoms with Crippen LogP contribution in [0.4, 0.5) is 0 Å². The van der Waals surface area contributed by atoms with Crippen LogP contribution in [-0.2, 0) is 0 Å². The van der Waals surface area contributed by atoms with Gasteiger partial charge in [0.1, 0.15) is 0 Å². The van der Waals surface area contributed by atoms with E-state index < -0.39 is 0 Å². The molecule has 1 aromatic rings. The highest BCUT2D eigenvalue weighted by Gasteiger charge is 2.47. The number of rotatable bonds is 4. The molecule has 0 heterocycles. The quantitative estimate of drug-likeness (QED) is 0.872. The predicted octanol–water partition coefficient (Wildman–Crippen LogP) is 4.33. The minimum atomic E-state index is 0.378. The van der Waals surface area contributed by atoms with Gasteiger partial charge < -0.3 is 5.32 Å². The van der Waals surface area contributed by atoms with Gasteiger partial charge in [0.2, 0.25) is 0 Å². The summed E-state index contributed by atoms with van der Waals surface area (Å²) in [5, 5.41) is 3.66. The Balaban J connectivity index is 2.03. The Kier molecular flexibility index (Phi) is 3.94. The van der Waals surface area contributed by atoms with Gasteiger partial charge in [0, 0.05) is 10.5 Å². The summed E-state index contributed by atoms with van der Waals surface area (Å²) in [6, 6.07) is 9.49. The highest BCUT2D eigenvalue weighted by molar-refractivity contribution is 9.10. The van der Waals surface area contributed by atoms with Crippen molar-refractivity contribution in [2.24, 2.45) is 5.41 Å². The molecule has 2 rings (SSSR count). The van der Waals surface area contributed by atoms with E-state index in [1.807, 2.05) is 0 Å². The second-order valence-electron chi connectivity index (χ2n) is 5.67. The summed E-state index contributed by atoms with van der Waals surface area (Å²) in [7, 11) is 0. The third-order valence-corrected chi connectivity index (χ3v) is 4.71. The normalized spacial score (nSPS) is 26.6. The van der Waals surface area contributed by atoms with Gasteiger partial charge in [-0.1, -0.05) is 48.8 Å². The fourth-order valence-electron chi connectivity index (χ4n) is 2.85. The third-order valence-electron chi connectivity index (χ3n) is 4.18. The molecule has 0 radical (unpaired) electrons. The summed E-state index contributed by atoms with van der Waals surface area (Å²) in [4.78, 5) is 0. The van der Waals surface area contributed by atoms with Crippen LogP contribution in [0, 0.1) is 5.41 Å². The molecule has 0 saturated heterocycles. The summed E-state index contributed by atoms with van der Waals surface area (Å²) in [5.41, 5.74) is 1.86. The van der Waals surface area contributed by atoms with Crippen LogP contribution in [0.2, 0.25) is 0 Å². The van der Waals surface area contributed by atoms with E-state index in [4.69, 9.17) is 0 Å². The Hall–Kier alpha value is -0.340. The van der Waals surface area contributed by atoms with Crippen molar-refractivity contribution in [2.45, 2.75) is 45.6 Å². The van der Waals surface area contributed by atoms with Gasteiger partial charge in [0.15, 0.2) is 0 Å². The zero-order valence-corrected chi connectivity index (χ0v) is 12.5. The van der Waals surface area contributed by atoms with Crippen LogP contribution in [0.1, 0.15) is 45.1 Å². The maximum atomic E-state index is 3.66. The molecule has 2 unspecified atom stereocenters. The monoisotopic (exact) mass is 295 g/mol. The van der Waals surface area contributed by atoms with E-state index in [0.29, 0.717) is 17.4 Å². The number of halogens is 1. The van der Waals surface area contributed by atoms with Gasteiger partial charge >= 0.3 is 0 Å². The van der Waals surface area contributed by atoms with Crippen molar-refractivity contribution >= 4 is 15.9 Å². The molecule has 0 spiro atoms. The number of nitrogens with one attached hydrogen (secondary N) is 1. The second kappa shape index (κ2) is 5.11. The standard InChI is InChI=1S/C15H22BrN/c1-4-9-17-14-10-13(15(14,2)3)11-5-7-12(16)8-6-11/h5-8,13-14,17H,4,9-10H2,1-3H3. The molecule has 2 heteroatoms. The van der Waals surface area contributed by atoms with E-state index in [0.717, 1.165) is 6.54 Å². The van der Waals surface area contributed by atoms with Crippen molar-refractivity contribution in [1.82, 2.24) is 5.32 Å². The Morgan fingerprint density at radius 1 is 1.29 bits per heavy atom. The Labute approximate surface area is 113 Å². The molecule has 1 N–H and O–H groups in total. The highest BCUT2D eigenvalue weighted by Crippen LogP contribution is 2.52. The Bertz CT molecular complexity index is 369. The molecule has 17 heavy (non-hydrogen) atoms. The summed E-state index contributed by atoms with van der Waals surface area (Å²) in [6.07, 6.45) is 2.49. The van der Waals surface area contributed by atoms with E-state index in [2.05, 4.69) is 66.3 Å². The summed E-state index contributed by atoms with van der Waals surface area (Å²) < 4.78 is 1.17. The first-order chi connectivity index (χ1) is 8.05. The molecule has 0 bridgehead atoms. The molecular weight excluding hydrogens is 274 g/mol. The van der Waals surface area contributed by atoms with E-state index in [9.17, 15) is 0 Å². The van der Waals surface area contributed by atoms with E-state index in [1.54, 1.807) is 0 Å². The average molecular weight is 296 g/mol. The maximum absolute atomic E-state index is 3.66. The lowest BCUT2D eigenvalue weighted by Gasteiger charge is -2.53. The minimum absolute atomic E-state index is 0.378. The molecule has 2 atom stereocenters. The van der Waals surface area contributed by atoms with Crippen LogP contribution in [0.3, 0.4) is 0 Å². The fraction of sp³-hybridized carbons (Fsp3) is 0.600. The topological polar surface area (TPSA) is 12.0 Å². The molecule has 1 saturated carbocycles. The first-order valence-corrected chi connectivity index (χ1v) is 7.34. The van der Waals surface area contributed by atoms with Crippen molar-refractivity contribution in [3.8, 4) is 0 Å². The van der Waals surface area contributed by atoms with Gasteiger partial charge in [0.25, 0.3) is 0 Å². The zero-order chi connectivity index (χ0) is 12.5. The highest BCUT2D eigenvalue weighted by atomic mass is 79.9. The SMILES string of the molecule is CCCNC1CC(c2ccc(Br)cc2)C1(C)C. The zero-order valence-electron chi connectivity index (χ0n) is 11.0. The van der Waals surface area contributed by atoms with Crippen molar-refractivity contribution in [3.63, 3.8) is 0 Å². The first-order valence-electron chi connectivity index (χ1n) is 6.54. The van der Waals surface area contributed by atoms with Gasteiger partial charge in [-0.05, 0) is 48.4 Å². The van der Waals surface area contributed by atoms with Gasteiger partial charge in [-0.15, -0.1) is 0 Å². The molecule has 0 aromatic heterocycles. The van der Waals surface area contributed by atoms with Crippen LogP contribution >= 0.6 is 15.9 Å². The molecule has 1 nitrogen and oxygen atoms in total. The minimum Gasteiger partial charge on any atom is -0.313 e. The summed E-state index contributed by atoms with van der Waals surface area (Å²) in [5.74, 6) is 0.699. The largest absolute Gasteiger partial charge is 0.313 e. The Morgan fingerprint density at radius 2 is 1.94 bits per heavy atom. The van der Waals surface area contributed by atoms with Crippen molar-refractivity contribution in [1.29, 1.82) is 0 Å². The summed E-state index contributed by atoms with van der Waals surface area (Å²) in [6.45, 7) is 8.14. The molecule has 0 aliphatic heterocycles. The van der Waals surface area contributed by atoms with Crippen molar-refractivity contribution in [2.75, 3.05) is 6.54 Å². The van der Waals surface area contributed by atoms with Crippen LogP contribution in [0.5, 0.6) is 0 Å². The smallest absolute Gasteiger partial charge is 0.0175 e. The van der Waals surface area contributed by atoms with Crippen LogP contribution in [0.25, 0.3) is 0 Å².